The maximum Gasteiger partial charge on any atom is 0.494 e. The lowest BCUT2D eigenvalue weighted by molar-refractivity contribution is 0.00578. The second-order valence-electron chi connectivity index (χ2n) is 9.63. The zero-order chi connectivity index (χ0) is 20.9. The molecule has 1 aromatic carbocycles. The van der Waals surface area contributed by atoms with Gasteiger partial charge in [-0.15, -0.1) is 0 Å². The Kier molecular flexibility index (Phi) is 5.02. The van der Waals surface area contributed by atoms with Crippen LogP contribution < -0.4 is 5.46 Å². The van der Waals surface area contributed by atoms with Gasteiger partial charge in [-0.25, -0.2) is 4.79 Å². The first-order chi connectivity index (χ1) is 12.8. The molecule has 150 valence electrons. The SMILES string of the molecule is CC(C)(C)OC(=O)N1CC(c2cc(B3OC(C)(C)C(C)(C)O3)ccc2C#N)C1. The summed E-state index contributed by atoms with van der Waals surface area (Å²) >= 11 is 0. The van der Waals surface area contributed by atoms with E-state index in [0.717, 1.165) is 11.0 Å². The quantitative estimate of drug-likeness (QED) is 0.733. The third-order valence-corrected chi connectivity index (χ3v) is 5.69. The van der Waals surface area contributed by atoms with E-state index in [1.807, 2.05) is 66.7 Å². The zero-order valence-corrected chi connectivity index (χ0v) is 17.8. The Morgan fingerprint density at radius 3 is 2.29 bits per heavy atom. The first-order valence-corrected chi connectivity index (χ1v) is 9.70. The van der Waals surface area contributed by atoms with E-state index in [0.29, 0.717) is 18.7 Å². The van der Waals surface area contributed by atoms with Crippen LogP contribution in [0, 0.1) is 11.3 Å². The highest BCUT2D eigenvalue weighted by Crippen LogP contribution is 2.37. The topological polar surface area (TPSA) is 71.8 Å². The molecule has 7 heteroatoms. The molecule has 0 atom stereocenters. The van der Waals surface area contributed by atoms with Gasteiger partial charge in [0.1, 0.15) is 5.60 Å². The van der Waals surface area contributed by atoms with Crippen molar-refractivity contribution in [3.05, 3.63) is 29.3 Å². The Morgan fingerprint density at radius 1 is 1.21 bits per heavy atom. The van der Waals surface area contributed by atoms with Crippen LogP contribution in [0.25, 0.3) is 0 Å². The molecule has 0 N–H and O–H groups in total. The first kappa shape index (κ1) is 20.7. The second-order valence-corrected chi connectivity index (χ2v) is 9.63. The van der Waals surface area contributed by atoms with Crippen molar-refractivity contribution in [1.82, 2.24) is 4.90 Å². The molecule has 0 spiro atoms. The molecule has 2 fully saturated rings. The highest BCUT2D eigenvalue weighted by Gasteiger charge is 2.52. The highest BCUT2D eigenvalue weighted by atomic mass is 16.7. The minimum atomic E-state index is -0.517. The van der Waals surface area contributed by atoms with E-state index in [9.17, 15) is 10.1 Å². The van der Waals surface area contributed by atoms with Crippen LogP contribution in [0.5, 0.6) is 0 Å². The molecule has 2 aliphatic heterocycles. The number of carbonyl (C=O) groups excluding carboxylic acids is 1. The number of nitrogens with zero attached hydrogens (tertiary/aromatic N) is 2. The minimum Gasteiger partial charge on any atom is -0.444 e. The summed E-state index contributed by atoms with van der Waals surface area (Å²) in [7, 11) is -0.474. The van der Waals surface area contributed by atoms with Gasteiger partial charge in [0, 0.05) is 19.0 Å². The van der Waals surface area contributed by atoms with Crippen molar-refractivity contribution in [2.75, 3.05) is 13.1 Å². The van der Waals surface area contributed by atoms with Crippen LogP contribution in [0.1, 0.15) is 65.5 Å². The van der Waals surface area contributed by atoms with Gasteiger partial charge >= 0.3 is 13.2 Å². The van der Waals surface area contributed by atoms with Gasteiger partial charge in [0.2, 0.25) is 0 Å². The van der Waals surface area contributed by atoms with Crippen LogP contribution in [-0.4, -0.2) is 48.0 Å². The van der Waals surface area contributed by atoms with Gasteiger partial charge in [0.15, 0.2) is 0 Å². The molecule has 0 saturated carbocycles. The maximum absolute atomic E-state index is 12.2. The summed E-state index contributed by atoms with van der Waals surface area (Å²) in [5.74, 6) is 0.101. The van der Waals surface area contributed by atoms with Crippen LogP contribution in [0.2, 0.25) is 0 Å². The number of nitriles is 1. The van der Waals surface area contributed by atoms with Crippen LogP contribution >= 0.6 is 0 Å². The van der Waals surface area contributed by atoms with E-state index in [1.54, 1.807) is 4.90 Å². The molecule has 0 aromatic heterocycles. The third kappa shape index (κ3) is 3.89. The minimum absolute atomic E-state index is 0.101. The predicted molar refractivity (Wildman–Crippen MR) is 107 cm³/mol. The molecule has 28 heavy (non-hydrogen) atoms. The Labute approximate surface area is 167 Å². The fourth-order valence-corrected chi connectivity index (χ4v) is 3.30. The Hall–Kier alpha value is -2.04. The van der Waals surface area contributed by atoms with E-state index < -0.39 is 23.9 Å². The molecule has 2 heterocycles. The lowest BCUT2D eigenvalue weighted by atomic mass is 9.75. The summed E-state index contributed by atoms with van der Waals surface area (Å²) in [5, 5.41) is 9.52. The number of likely N-dealkylation sites (tertiary alicyclic amines) is 1. The highest BCUT2D eigenvalue weighted by molar-refractivity contribution is 6.62. The summed E-state index contributed by atoms with van der Waals surface area (Å²) < 4.78 is 17.7. The number of carbonyl (C=O) groups is 1. The van der Waals surface area contributed by atoms with Crippen molar-refractivity contribution in [2.24, 2.45) is 0 Å². The van der Waals surface area contributed by atoms with Gasteiger partial charge in [-0.3, -0.25) is 0 Å². The molecular formula is C21H29BN2O4. The maximum atomic E-state index is 12.2. The van der Waals surface area contributed by atoms with E-state index in [4.69, 9.17) is 14.0 Å². The number of rotatable bonds is 2. The van der Waals surface area contributed by atoms with Crippen molar-refractivity contribution in [1.29, 1.82) is 5.26 Å². The molecular weight excluding hydrogens is 355 g/mol. The smallest absolute Gasteiger partial charge is 0.444 e. The van der Waals surface area contributed by atoms with Crippen molar-refractivity contribution < 1.29 is 18.8 Å². The standard InChI is InChI=1S/C21H29BN2O4/c1-19(2,3)26-18(25)24-12-15(13-24)17-10-16(9-8-14(17)11-23)22-27-20(4,5)21(6,7)28-22/h8-10,15H,12-13H2,1-7H3. The largest absolute Gasteiger partial charge is 0.494 e. The Balaban J connectivity index is 1.76. The molecule has 1 amide bonds. The molecule has 1 aromatic rings. The first-order valence-electron chi connectivity index (χ1n) is 9.70. The van der Waals surface area contributed by atoms with Crippen LogP contribution in [0.4, 0.5) is 4.79 Å². The number of benzene rings is 1. The van der Waals surface area contributed by atoms with Gasteiger partial charge in [0.05, 0.1) is 22.8 Å². The number of hydrogen-bond donors (Lipinski definition) is 0. The van der Waals surface area contributed by atoms with Crippen molar-refractivity contribution in [3.63, 3.8) is 0 Å². The third-order valence-electron chi connectivity index (χ3n) is 5.69. The average Bonchev–Trinajstić information content (AvgIpc) is 2.72. The Bertz CT molecular complexity index is 801. The van der Waals surface area contributed by atoms with Gasteiger partial charge < -0.3 is 18.9 Å². The van der Waals surface area contributed by atoms with Gasteiger partial charge in [-0.1, -0.05) is 12.1 Å². The zero-order valence-electron chi connectivity index (χ0n) is 17.8. The van der Waals surface area contributed by atoms with E-state index in [2.05, 4.69) is 6.07 Å². The Morgan fingerprint density at radius 2 is 1.79 bits per heavy atom. The van der Waals surface area contributed by atoms with Gasteiger partial charge in [-0.05, 0) is 65.6 Å². The summed E-state index contributed by atoms with van der Waals surface area (Å²) in [6.07, 6.45) is -0.315. The molecule has 6 nitrogen and oxygen atoms in total. The summed E-state index contributed by atoms with van der Waals surface area (Å²) in [4.78, 5) is 13.9. The fourth-order valence-electron chi connectivity index (χ4n) is 3.30. The number of ether oxygens (including phenoxy) is 1. The summed E-state index contributed by atoms with van der Waals surface area (Å²) in [5.41, 5.74) is 1.08. The van der Waals surface area contributed by atoms with Crippen molar-refractivity contribution in [3.8, 4) is 6.07 Å². The second kappa shape index (κ2) is 6.79. The monoisotopic (exact) mass is 384 g/mol. The van der Waals surface area contributed by atoms with E-state index in [-0.39, 0.29) is 12.0 Å². The lowest BCUT2D eigenvalue weighted by Gasteiger charge is -2.40. The lowest BCUT2D eigenvalue weighted by Crippen LogP contribution is -2.50. The number of amides is 1. The molecule has 0 aliphatic carbocycles. The normalized spacial score (nSPS) is 21.2. The molecule has 0 unspecified atom stereocenters. The van der Waals surface area contributed by atoms with Gasteiger partial charge in [0.25, 0.3) is 0 Å². The van der Waals surface area contributed by atoms with E-state index >= 15 is 0 Å². The van der Waals surface area contributed by atoms with Crippen LogP contribution in [0.3, 0.4) is 0 Å². The van der Waals surface area contributed by atoms with Crippen molar-refractivity contribution in [2.45, 2.75) is 71.2 Å². The summed E-state index contributed by atoms with van der Waals surface area (Å²) in [6, 6.07) is 7.94. The molecule has 0 bridgehead atoms. The van der Waals surface area contributed by atoms with Crippen LogP contribution in [0.15, 0.2) is 18.2 Å². The van der Waals surface area contributed by atoms with Gasteiger partial charge in [-0.2, -0.15) is 5.26 Å². The predicted octanol–water partition coefficient (Wildman–Crippen LogP) is 3.19. The fraction of sp³-hybridized carbons (Fsp3) is 0.619. The molecule has 0 radical (unpaired) electrons. The van der Waals surface area contributed by atoms with Crippen molar-refractivity contribution >= 4 is 18.7 Å². The molecule has 2 aliphatic rings. The van der Waals surface area contributed by atoms with E-state index in [1.165, 1.54) is 0 Å². The summed E-state index contributed by atoms with van der Waals surface area (Å²) in [6.45, 7) is 14.7. The average molecular weight is 384 g/mol. The number of hydrogen-bond acceptors (Lipinski definition) is 5. The molecule has 2 saturated heterocycles. The molecule has 3 rings (SSSR count). The van der Waals surface area contributed by atoms with Crippen LogP contribution in [-0.2, 0) is 14.0 Å².